The Balaban J connectivity index is 1.38. The Morgan fingerprint density at radius 3 is 2.59 bits per heavy atom. The fourth-order valence-electron chi connectivity index (χ4n) is 2.92. The van der Waals surface area contributed by atoms with Crippen molar-refractivity contribution >= 4 is 28.4 Å². The molecule has 0 bridgehead atoms. The zero-order valence-corrected chi connectivity index (χ0v) is 15.3. The molecule has 0 saturated carbocycles. The number of H-pyrrole nitrogens is 1. The number of carbonyl (C=O) groups is 2. The molecule has 2 heterocycles. The molecule has 4 aromatic rings. The van der Waals surface area contributed by atoms with Crippen molar-refractivity contribution in [3.63, 3.8) is 0 Å². The Bertz CT molecular complexity index is 1230. The van der Waals surface area contributed by atoms with Crippen LogP contribution in [0.15, 0.2) is 78.0 Å². The summed E-state index contributed by atoms with van der Waals surface area (Å²) >= 11 is 0. The van der Waals surface area contributed by atoms with Gasteiger partial charge in [-0.15, -0.1) is 0 Å². The highest BCUT2D eigenvalue weighted by Crippen LogP contribution is 2.12. The van der Waals surface area contributed by atoms with Crippen LogP contribution in [0.4, 0.5) is 5.69 Å². The number of nitrogens with zero attached hydrogens (tertiary/aromatic N) is 2. The molecule has 29 heavy (non-hydrogen) atoms. The van der Waals surface area contributed by atoms with E-state index in [1.54, 1.807) is 47.3 Å². The van der Waals surface area contributed by atoms with E-state index in [4.69, 9.17) is 0 Å². The summed E-state index contributed by atoms with van der Waals surface area (Å²) in [6, 6.07) is 15.8. The number of pyridine rings is 1. The molecule has 8 heteroatoms. The van der Waals surface area contributed by atoms with Gasteiger partial charge in [-0.3, -0.25) is 14.4 Å². The molecule has 0 unspecified atom stereocenters. The third-order valence-electron chi connectivity index (χ3n) is 4.36. The van der Waals surface area contributed by atoms with Crippen molar-refractivity contribution in [3.8, 4) is 5.69 Å². The number of fused-ring (bicyclic) bond motifs is 1. The van der Waals surface area contributed by atoms with Crippen molar-refractivity contribution in [2.24, 2.45) is 0 Å². The number of rotatable bonds is 5. The molecular weight excluding hydrogens is 370 g/mol. The summed E-state index contributed by atoms with van der Waals surface area (Å²) in [7, 11) is 0. The molecule has 0 radical (unpaired) electrons. The van der Waals surface area contributed by atoms with Crippen molar-refractivity contribution < 1.29 is 9.59 Å². The highest BCUT2D eigenvalue weighted by Gasteiger charge is 2.14. The van der Waals surface area contributed by atoms with Gasteiger partial charge in [0, 0.05) is 35.2 Å². The number of para-hydroxylation sites is 1. The normalized spacial score (nSPS) is 10.6. The van der Waals surface area contributed by atoms with E-state index in [0.29, 0.717) is 16.6 Å². The average Bonchev–Trinajstić information content (AvgIpc) is 3.28. The maximum absolute atomic E-state index is 12.4. The number of aromatic nitrogens is 3. The Morgan fingerprint density at radius 2 is 1.83 bits per heavy atom. The second-order valence-corrected chi connectivity index (χ2v) is 6.31. The summed E-state index contributed by atoms with van der Waals surface area (Å²) in [6.45, 7) is -0.258. The van der Waals surface area contributed by atoms with Crippen LogP contribution in [0.5, 0.6) is 0 Å². The highest BCUT2D eigenvalue weighted by molar-refractivity contribution is 6.00. The monoisotopic (exact) mass is 387 g/mol. The zero-order valence-electron chi connectivity index (χ0n) is 15.3. The van der Waals surface area contributed by atoms with Crippen LogP contribution in [-0.2, 0) is 4.79 Å². The molecule has 2 amide bonds. The standard InChI is InChI=1S/C21H17N5O3/c27-19(25-14-6-8-15(9-7-14)26-11-3-10-24-26)13-23-21(29)17-12-22-18-5-2-1-4-16(18)20(17)28/h1-12H,13H2,(H,22,28)(H,23,29)(H,25,27). The van der Waals surface area contributed by atoms with Crippen molar-refractivity contribution in [1.82, 2.24) is 20.1 Å². The van der Waals surface area contributed by atoms with Gasteiger partial charge >= 0.3 is 0 Å². The van der Waals surface area contributed by atoms with Crippen LogP contribution in [0.2, 0.25) is 0 Å². The van der Waals surface area contributed by atoms with Gasteiger partial charge in [-0.25, -0.2) is 4.68 Å². The largest absolute Gasteiger partial charge is 0.360 e. The van der Waals surface area contributed by atoms with E-state index in [0.717, 1.165) is 5.69 Å². The predicted molar refractivity (Wildman–Crippen MR) is 109 cm³/mol. The first-order chi connectivity index (χ1) is 14.1. The lowest BCUT2D eigenvalue weighted by atomic mass is 10.1. The van der Waals surface area contributed by atoms with Crippen molar-refractivity contribution in [1.29, 1.82) is 0 Å². The van der Waals surface area contributed by atoms with Gasteiger partial charge in [-0.2, -0.15) is 5.10 Å². The van der Waals surface area contributed by atoms with Crippen molar-refractivity contribution in [2.45, 2.75) is 0 Å². The van der Waals surface area contributed by atoms with E-state index >= 15 is 0 Å². The van der Waals surface area contributed by atoms with Crippen molar-refractivity contribution in [3.05, 3.63) is 89.0 Å². The van der Waals surface area contributed by atoms with E-state index in [1.807, 2.05) is 24.4 Å². The van der Waals surface area contributed by atoms with Gasteiger partial charge in [0.25, 0.3) is 5.91 Å². The minimum atomic E-state index is -0.610. The van der Waals surface area contributed by atoms with Gasteiger partial charge in [0.1, 0.15) is 5.56 Å². The van der Waals surface area contributed by atoms with E-state index < -0.39 is 11.8 Å². The van der Waals surface area contributed by atoms with E-state index in [9.17, 15) is 14.4 Å². The number of anilines is 1. The van der Waals surface area contributed by atoms with Gasteiger partial charge in [0.2, 0.25) is 11.3 Å². The molecule has 0 saturated heterocycles. The molecular formula is C21H17N5O3. The molecule has 0 aliphatic carbocycles. The molecule has 2 aromatic heterocycles. The van der Waals surface area contributed by atoms with Gasteiger partial charge in [0.15, 0.2) is 0 Å². The minimum Gasteiger partial charge on any atom is -0.360 e. The summed E-state index contributed by atoms with van der Waals surface area (Å²) in [6.07, 6.45) is 4.85. The molecule has 8 nitrogen and oxygen atoms in total. The predicted octanol–water partition coefficient (Wildman–Crippen LogP) is 2.08. The first kappa shape index (κ1) is 18.2. The highest BCUT2D eigenvalue weighted by atomic mass is 16.2. The number of amides is 2. The van der Waals surface area contributed by atoms with Crippen LogP contribution in [0, 0.1) is 0 Å². The summed E-state index contributed by atoms with van der Waals surface area (Å²) in [5.41, 5.74) is 1.66. The van der Waals surface area contributed by atoms with Crippen LogP contribution in [0.3, 0.4) is 0 Å². The lowest BCUT2D eigenvalue weighted by Crippen LogP contribution is -2.35. The fraction of sp³-hybridized carbons (Fsp3) is 0.0476. The number of benzene rings is 2. The van der Waals surface area contributed by atoms with Crippen LogP contribution in [0.1, 0.15) is 10.4 Å². The lowest BCUT2D eigenvalue weighted by Gasteiger charge is -2.08. The Morgan fingerprint density at radius 1 is 1.03 bits per heavy atom. The first-order valence-electron chi connectivity index (χ1n) is 8.90. The van der Waals surface area contributed by atoms with Crippen LogP contribution < -0.4 is 16.1 Å². The summed E-state index contributed by atoms with van der Waals surface area (Å²) in [5.74, 6) is -1.01. The van der Waals surface area contributed by atoms with Crippen molar-refractivity contribution in [2.75, 3.05) is 11.9 Å². The smallest absolute Gasteiger partial charge is 0.257 e. The first-order valence-corrected chi connectivity index (χ1v) is 8.90. The molecule has 0 aliphatic heterocycles. The Kier molecular flexibility index (Phi) is 4.90. The Labute approximate surface area is 165 Å². The van der Waals surface area contributed by atoms with Gasteiger partial charge in [0.05, 0.1) is 12.2 Å². The van der Waals surface area contributed by atoms with Gasteiger partial charge in [-0.05, 0) is 42.5 Å². The van der Waals surface area contributed by atoms with E-state index in [1.165, 1.54) is 6.20 Å². The number of hydrogen-bond acceptors (Lipinski definition) is 4. The fourth-order valence-corrected chi connectivity index (χ4v) is 2.92. The van der Waals surface area contributed by atoms with Gasteiger partial charge in [-0.1, -0.05) is 12.1 Å². The average molecular weight is 387 g/mol. The van der Waals surface area contributed by atoms with Crippen LogP contribution >= 0.6 is 0 Å². The SMILES string of the molecule is O=C(CNC(=O)c1c[nH]c2ccccc2c1=O)Nc1ccc(-n2cccn2)cc1. The number of carbonyl (C=O) groups excluding carboxylic acids is 2. The second-order valence-electron chi connectivity index (χ2n) is 6.31. The van der Waals surface area contributed by atoms with Crippen LogP contribution in [-0.4, -0.2) is 33.1 Å². The summed E-state index contributed by atoms with van der Waals surface area (Å²) in [5, 5.41) is 9.72. The molecule has 0 spiro atoms. The molecule has 4 rings (SSSR count). The van der Waals surface area contributed by atoms with Crippen LogP contribution in [0.25, 0.3) is 16.6 Å². The third-order valence-corrected chi connectivity index (χ3v) is 4.36. The molecule has 2 aromatic carbocycles. The summed E-state index contributed by atoms with van der Waals surface area (Å²) in [4.78, 5) is 39.8. The van der Waals surface area contributed by atoms with E-state index in [2.05, 4.69) is 20.7 Å². The second kappa shape index (κ2) is 7.81. The van der Waals surface area contributed by atoms with E-state index in [-0.39, 0.29) is 17.5 Å². The topological polar surface area (TPSA) is 109 Å². The Hall–Kier alpha value is -4.20. The maximum Gasteiger partial charge on any atom is 0.257 e. The quantitative estimate of drug-likeness (QED) is 0.487. The molecule has 144 valence electrons. The maximum atomic E-state index is 12.4. The number of hydrogen-bond donors (Lipinski definition) is 3. The number of nitrogens with one attached hydrogen (secondary N) is 3. The molecule has 0 fully saturated rings. The molecule has 0 aliphatic rings. The number of aromatic amines is 1. The third kappa shape index (κ3) is 3.91. The zero-order chi connectivity index (χ0) is 20.2. The minimum absolute atomic E-state index is 0.0416. The molecule has 0 atom stereocenters. The summed E-state index contributed by atoms with van der Waals surface area (Å²) < 4.78 is 1.70. The lowest BCUT2D eigenvalue weighted by molar-refractivity contribution is -0.115. The molecule has 3 N–H and O–H groups in total. The van der Waals surface area contributed by atoms with Gasteiger partial charge < -0.3 is 15.6 Å².